The van der Waals surface area contributed by atoms with E-state index in [9.17, 15) is 29.5 Å². The van der Waals surface area contributed by atoms with Crippen molar-refractivity contribution in [1.82, 2.24) is 0 Å². The fourth-order valence-electron chi connectivity index (χ4n) is 1.43. The Morgan fingerprint density at radius 3 is 2.62 bits per heavy atom. The maximum absolute atomic E-state index is 11.2. The summed E-state index contributed by atoms with van der Waals surface area (Å²) in [6.45, 7) is 0.712. The first-order valence-electron chi connectivity index (χ1n) is 5.65. The summed E-state index contributed by atoms with van der Waals surface area (Å²) in [7, 11) is 0. The van der Waals surface area contributed by atoms with Gasteiger partial charge in [0.25, 0.3) is 0 Å². The second-order valence-electron chi connectivity index (χ2n) is 4.08. The van der Waals surface area contributed by atoms with Crippen molar-refractivity contribution in [1.29, 1.82) is 0 Å². The van der Waals surface area contributed by atoms with Gasteiger partial charge in [0, 0.05) is 12.2 Å². The molecule has 0 aliphatic carbocycles. The number of nitrogens with zero attached hydrogens (tertiary/aromatic N) is 1. The molecule has 1 aliphatic heterocycles. The van der Waals surface area contributed by atoms with Crippen LogP contribution in [0.4, 0.5) is 0 Å². The molecule has 0 aromatic carbocycles. The Balaban J connectivity index is 0.00000400. The number of ether oxygens (including phenoxy) is 2. The topological polar surface area (TPSA) is 142 Å². The Morgan fingerprint density at radius 2 is 2.10 bits per heavy atom. The van der Waals surface area contributed by atoms with Crippen LogP contribution in [0.3, 0.4) is 0 Å². The number of Topliss-reactive ketones (excluding diaryl/α,β-unsaturated/α-hetero) is 1. The predicted octanol–water partition coefficient (Wildman–Crippen LogP) is -4.47. The number of aliphatic hydroxyl groups excluding tert-OH is 1. The predicted molar refractivity (Wildman–Crippen MR) is 59.6 cm³/mol. The van der Waals surface area contributed by atoms with Crippen LogP contribution >= 0.6 is 0 Å². The van der Waals surface area contributed by atoms with Crippen molar-refractivity contribution < 1.29 is 63.6 Å². The Labute approximate surface area is 141 Å². The van der Waals surface area contributed by atoms with Crippen LogP contribution < -0.4 is 34.7 Å². The third-order valence-corrected chi connectivity index (χ3v) is 2.47. The molecule has 1 aliphatic rings. The molecule has 2 unspecified atom stereocenters. The standard InChI is InChI=1S/C11H13NO8.Na/c1-5(13)2-3-7(15)19-4-6(14)10-8(12-18)9(16)11(17)20-10;/h6,10,14,16H,2-4H2,1H3;/q;+1/p-1. The molecule has 2 atom stereocenters. The van der Waals surface area contributed by atoms with Crippen LogP contribution in [-0.4, -0.2) is 41.6 Å². The second-order valence-corrected chi connectivity index (χ2v) is 4.08. The minimum Gasteiger partial charge on any atom is -0.866 e. The normalized spacial score (nSPS) is 18.6. The molecule has 0 bridgehead atoms. The van der Waals surface area contributed by atoms with Crippen molar-refractivity contribution in [2.45, 2.75) is 32.0 Å². The average molecular weight is 309 g/mol. The van der Waals surface area contributed by atoms with Crippen LogP contribution in [0.5, 0.6) is 0 Å². The molecule has 0 amide bonds. The van der Waals surface area contributed by atoms with Gasteiger partial charge in [-0.2, -0.15) is 0 Å². The molecule has 10 heteroatoms. The van der Waals surface area contributed by atoms with Gasteiger partial charge >= 0.3 is 41.5 Å². The van der Waals surface area contributed by atoms with Crippen molar-refractivity contribution in [3.63, 3.8) is 0 Å². The van der Waals surface area contributed by atoms with Gasteiger partial charge in [-0.15, -0.1) is 4.91 Å². The van der Waals surface area contributed by atoms with E-state index < -0.39 is 42.2 Å². The Hall–Kier alpha value is -1.29. The number of aliphatic hydroxyl groups is 1. The number of ketones is 1. The van der Waals surface area contributed by atoms with E-state index in [1.807, 2.05) is 0 Å². The molecular formula is C11H12NNaO8. The van der Waals surface area contributed by atoms with Crippen molar-refractivity contribution >= 4 is 17.7 Å². The zero-order valence-electron chi connectivity index (χ0n) is 11.5. The third kappa shape index (κ3) is 5.54. The summed E-state index contributed by atoms with van der Waals surface area (Å²) in [5.74, 6) is -3.47. The minimum atomic E-state index is -1.58. The van der Waals surface area contributed by atoms with E-state index in [2.05, 4.69) is 14.7 Å². The molecule has 1 rings (SSSR count). The van der Waals surface area contributed by atoms with Gasteiger partial charge in [-0.3, -0.25) is 4.79 Å². The van der Waals surface area contributed by atoms with Crippen molar-refractivity contribution in [3.05, 3.63) is 16.4 Å². The van der Waals surface area contributed by atoms with Gasteiger partial charge in [0.05, 0.1) is 6.42 Å². The van der Waals surface area contributed by atoms with Crippen LogP contribution in [0.1, 0.15) is 19.8 Å². The molecule has 9 nitrogen and oxygen atoms in total. The first-order valence-corrected chi connectivity index (χ1v) is 5.65. The molecule has 0 spiro atoms. The van der Waals surface area contributed by atoms with E-state index in [1.165, 1.54) is 6.92 Å². The summed E-state index contributed by atoms with van der Waals surface area (Å²) < 4.78 is 9.08. The van der Waals surface area contributed by atoms with Crippen molar-refractivity contribution in [2.75, 3.05) is 6.61 Å². The van der Waals surface area contributed by atoms with Crippen molar-refractivity contribution in [3.8, 4) is 0 Å². The molecular weight excluding hydrogens is 297 g/mol. The van der Waals surface area contributed by atoms with E-state index in [4.69, 9.17) is 0 Å². The molecule has 1 heterocycles. The van der Waals surface area contributed by atoms with Crippen LogP contribution in [0, 0.1) is 4.91 Å². The summed E-state index contributed by atoms with van der Waals surface area (Å²) in [4.78, 5) is 43.2. The summed E-state index contributed by atoms with van der Waals surface area (Å²) in [6, 6.07) is 0. The van der Waals surface area contributed by atoms with E-state index >= 15 is 0 Å². The summed E-state index contributed by atoms with van der Waals surface area (Å²) in [5.41, 5.74) is -0.762. The molecule has 0 aromatic rings. The summed E-state index contributed by atoms with van der Waals surface area (Å²) >= 11 is 0. The number of cyclic esters (lactones) is 1. The molecule has 110 valence electrons. The van der Waals surface area contributed by atoms with Gasteiger partial charge in [0.2, 0.25) is 0 Å². The molecule has 0 fully saturated rings. The van der Waals surface area contributed by atoms with Gasteiger partial charge in [-0.25, -0.2) is 4.79 Å². The zero-order chi connectivity index (χ0) is 15.3. The zero-order valence-corrected chi connectivity index (χ0v) is 13.5. The third-order valence-electron chi connectivity index (χ3n) is 2.47. The van der Waals surface area contributed by atoms with Gasteiger partial charge in [0.15, 0.2) is 6.10 Å². The van der Waals surface area contributed by atoms with Gasteiger partial charge in [-0.1, -0.05) is 0 Å². The van der Waals surface area contributed by atoms with Crippen LogP contribution in [-0.2, 0) is 23.9 Å². The Morgan fingerprint density at radius 1 is 1.48 bits per heavy atom. The van der Waals surface area contributed by atoms with E-state index in [0.717, 1.165) is 0 Å². The molecule has 0 radical (unpaired) electrons. The number of esters is 2. The van der Waals surface area contributed by atoms with E-state index in [0.29, 0.717) is 0 Å². The first kappa shape index (κ1) is 19.7. The largest absolute Gasteiger partial charge is 1.00 e. The maximum atomic E-state index is 11.2. The Bertz CT molecular complexity index is 475. The van der Waals surface area contributed by atoms with Gasteiger partial charge < -0.3 is 24.5 Å². The molecule has 0 saturated carbocycles. The van der Waals surface area contributed by atoms with Crippen LogP contribution in [0.25, 0.3) is 0 Å². The van der Waals surface area contributed by atoms with E-state index in [-0.39, 0.29) is 48.2 Å². The number of hydrogen-bond acceptors (Lipinski definition) is 9. The van der Waals surface area contributed by atoms with E-state index in [1.54, 1.807) is 0 Å². The molecule has 1 N–H and O–H groups in total. The molecule has 21 heavy (non-hydrogen) atoms. The second kappa shape index (κ2) is 8.88. The number of carbonyl (C=O) groups is 3. The quantitative estimate of drug-likeness (QED) is 0.282. The number of nitroso groups, excluding NO2 is 1. The number of hydrogen-bond donors (Lipinski definition) is 1. The smallest absolute Gasteiger partial charge is 0.866 e. The first-order chi connectivity index (χ1) is 9.36. The fourth-order valence-corrected chi connectivity index (χ4v) is 1.43. The average Bonchev–Trinajstić information content (AvgIpc) is 2.69. The molecule has 0 aromatic heterocycles. The molecule has 0 saturated heterocycles. The van der Waals surface area contributed by atoms with Crippen molar-refractivity contribution in [2.24, 2.45) is 5.18 Å². The minimum absolute atomic E-state index is 0. The van der Waals surface area contributed by atoms with Gasteiger partial charge in [-0.05, 0) is 12.1 Å². The number of carbonyl (C=O) groups excluding carboxylic acids is 3. The van der Waals surface area contributed by atoms with Gasteiger partial charge in [0.1, 0.15) is 24.2 Å². The monoisotopic (exact) mass is 309 g/mol. The van der Waals surface area contributed by atoms with Crippen LogP contribution in [0.2, 0.25) is 0 Å². The summed E-state index contributed by atoms with van der Waals surface area (Å²) in [6.07, 6.45) is -3.29. The Kier molecular flexibility index (Phi) is 8.33. The van der Waals surface area contributed by atoms with Crippen LogP contribution in [0.15, 0.2) is 16.6 Å². The fraction of sp³-hybridized carbons (Fsp3) is 0.545. The SMILES string of the molecule is CC(=O)CCC(=O)OCC(O)C1OC(=O)C([O-])=C1N=O.[Na+]. The maximum Gasteiger partial charge on any atom is 1.00 e. The number of rotatable bonds is 7. The summed E-state index contributed by atoms with van der Waals surface area (Å²) in [5, 5.41) is 23.1.